The predicted molar refractivity (Wildman–Crippen MR) is 65.7 cm³/mol. The second-order valence-corrected chi connectivity index (χ2v) is 5.31. The van der Waals surface area contributed by atoms with Gasteiger partial charge < -0.3 is 10.4 Å². The van der Waals surface area contributed by atoms with Gasteiger partial charge in [-0.3, -0.25) is 9.59 Å². The zero-order valence-corrected chi connectivity index (χ0v) is 10.8. The molecule has 0 aromatic rings. The molecule has 0 bridgehead atoms. The first-order valence-corrected chi connectivity index (χ1v) is 6.49. The van der Waals surface area contributed by atoms with Crippen LogP contribution >= 0.6 is 0 Å². The Morgan fingerprint density at radius 3 is 2.24 bits per heavy atom. The number of carbonyl (C=O) groups excluding carboxylic acids is 1. The van der Waals surface area contributed by atoms with Crippen molar-refractivity contribution in [3.8, 4) is 0 Å². The molecule has 0 atom stereocenters. The van der Waals surface area contributed by atoms with Crippen molar-refractivity contribution < 1.29 is 14.7 Å². The van der Waals surface area contributed by atoms with E-state index in [4.69, 9.17) is 5.11 Å². The van der Waals surface area contributed by atoms with Gasteiger partial charge in [0.05, 0.1) is 6.42 Å². The van der Waals surface area contributed by atoms with Crippen molar-refractivity contribution in [1.29, 1.82) is 0 Å². The molecule has 1 amide bonds. The van der Waals surface area contributed by atoms with E-state index in [1.54, 1.807) is 0 Å². The lowest BCUT2D eigenvalue weighted by Gasteiger charge is -2.41. The first kappa shape index (κ1) is 14.0. The number of hydrogen-bond acceptors (Lipinski definition) is 2. The Kier molecular flexibility index (Phi) is 4.97. The lowest BCUT2D eigenvalue weighted by Crippen LogP contribution is -2.53. The van der Waals surface area contributed by atoms with E-state index in [2.05, 4.69) is 19.2 Å². The van der Waals surface area contributed by atoms with E-state index in [1.807, 2.05) is 0 Å². The Hall–Kier alpha value is -1.06. The van der Waals surface area contributed by atoms with Crippen LogP contribution in [0.25, 0.3) is 0 Å². The number of carboxylic acid groups (broad SMARTS) is 1. The standard InChI is InChI=1S/C13H23NO3/c1-10(2)13(8-4-3-5-9-13)14-11(15)6-7-12(16)17/h10H,3-9H2,1-2H3,(H,14,15)(H,16,17). The number of rotatable bonds is 5. The van der Waals surface area contributed by atoms with Crippen molar-refractivity contribution in [3.63, 3.8) is 0 Å². The summed E-state index contributed by atoms with van der Waals surface area (Å²) in [5, 5.41) is 11.6. The molecule has 0 aromatic heterocycles. The van der Waals surface area contributed by atoms with Crippen LogP contribution in [0.2, 0.25) is 0 Å². The first-order chi connectivity index (χ1) is 7.96. The Bertz CT molecular complexity index is 280. The van der Waals surface area contributed by atoms with Gasteiger partial charge in [0.25, 0.3) is 0 Å². The number of aliphatic carboxylic acids is 1. The molecule has 1 fully saturated rings. The molecule has 1 aliphatic carbocycles. The highest BCUT2D eigenvalue weighted by molar-refractivity contribution is 5.81. The van der Waals surface area contributed by atoms with Crippen LogP contribution in [0.15, 0.2) is 0 Å². The lowest BCUT2D eigenvalue weighted by molar-refractivity contribution is -0.139. The van der Waals surface area contributed by atoms with Gasteiger partial charge in [-0.1, -0.05) is 33.1 Å². The van der Waals surface area contributed by atoms with E-state index >= 15 is 0 Å². The summed E-state index contributed by atoms with van der Waals surface area (Å²) in [7, 11) is 0. The van der Waals surface area contributed by atoms with Crippen molar-refractivity contribution in [2.75, 3.05) is 0 Å². The van der Waals surface area contributed by atoms with Gasteiger partial charge in [-0.05, 0) is 18.8 Å². The van der Waals surface area contributed by atoms with Gasteiger partial charge in [0, 0.05) is 12.0 Å². The number of hydrogen-bond donors (Lipinski definition) is 2. The maximum absolute atomic E-state index is 11.8. The third-order valence-electron chi connectivity index (χ3n) is 3.81. The summed E-state index contributed by atoms with van der Waals surface area (Å²) in [6.45, 7) is 4.26. The monoisotopic (exact) mass is 241 g/mol. The smallest absolute Gasteiger partial charge is 0.303 e. The van der Waals surface area contributed by atoms with Gasteiger partial charge in [-0.25, -0.2) is 0 Å². The molecule has 0 radical (unpaired) electrons. The summed E-state index contributed by atoms with van der Waals surface area (Å²) in [6, 6.07) is 0. The van der Waals surface area contributed by atoms with E-state index in [0.717, 1.165) is 25.7 Å². The van der Waals surface area contributed by atoms with Gasteiger partial charge in [0.2, 0.25) is 5.91 Å². The van der Waals surface area contributed by atoms with E-state index in [1.165, 1.54) is 6.42 Å². The summed E-state index contributed by atoms with van der Waals surface area (Å²) in [4.78, 5) is 22.2. The maximum atomic E-state index is 11.8. The Morgan fingerprint density at radius 2 is 1.76 bits per heavy atom. The van der Waals surface area contributed by atoms with Crippen molar-refractivity contribution in [3.05, 3.63) is 0 Å². The zero-order chi connectivity index (χ0) is 12.9. The molecule has 0 aliphatic heterocycles. The normalized spacial score (nSPS) is 19.0. The molecule has 4 nitrogen and oxygen atoms in total. The minimum Gasteiger partial charge on any atom is -0.481 e. The molecule has 0 heterocycles. The van der Waals surface area contributed by atoms with Crippen LogP contribution < -0.4 is 5.32 Å². The average molecular weight is 241 g/mol. The fraction of sp³-hybridized carbons (Fsp3) is 0.846. The predicted octanol–water partition coefficient (Wildman–Crippen LogP) is 2.33. The van der Waals surface area contributed by atoms with Crippen LogP contribution in [-0.4, -0.2) is 22.5 Å². The molecule has 1 rings (SSSR count). The van der Waals surface area contributed by atoms with E-state index in [9.17, 15) is 9.59 Å². The minimum absolute atomic E-state index is 0.0833. The van der Waals surface area contributed by atoms with Gasteiger partial charge in [0.15, 0.2) is 0 Å². The van der Waals surface area contributed by atoms with Crippen LogP contribution in [0, 0.1) is 5.92 Å². The number of nitrogens with one attached hydrogen (secondary N) is 1. The summed E-state index contributed by atoms with van der Waals surface area (Å²) < 4.78 is 0. The highest BCUT2D eigenvalue weighted by atomic mass is 16.4. The van der Waals surface area contributed by atoms with E-state index < -0.39 is 5.97 Å². The molecule has 1 saturated carbocycles. The SMILES string of the molecule is CC(C)C1(NC(=O)CCC(=O)O)CCCCC1. The van der Waals surface area contributed by atoms with Gasteiger partial charge in [-0.15, -0.1) is 0 Å². The molecule has 1 aliphatic rings. The van der Waals surface area contributed by atoms with Crippen LogP contribution in [0.3, 0.4) is 0 Å². The van der Waals surface area contributed by atoms with E-state index in [-0.39, 0.29) is 24.3 Å². The first-order valence-electron chi connectivity index (χ1n) is 6.49. The quantitative estimate of drug-likeness (QED) is 0.776. The number of carbonyl (C=O) groups is 2. The van der Waals surface area contributed by atoms with Crippen molar-refractivity contribution >= 4 is 11.9 Å². The van der Waals surface area contributed by atoms with Crippen molar-refractivity contribution in [2.24, 2.45) is 5.92 Å². The fourth-order valence-corrected chi connectivity index (χ4v) is 2.59. The molecule has 0 unspecified atom stereocenters. The lowest BCUT2D eigenvalue weighted by atomic mass is 9.74. The minimum atomic E-state index is -0.914. The van der Waals surface area contributed by atoms with Crippen molar-refractivity contribution in [1.82, 2.24) is 5.32 Å². The maximum Gasteiger partial charge on any atom is 0.303 e. The highest BCUT2D eigenvalue weighted by Crippen LogP contribution is 2.34. The number of carboxylic acids is 1. The van der Waals surface area contributed by atoms with Gasteiger partial charge in [-0.2, -0.15) is 0 Å². The zero-order valence-electron chi connectivity index (χ0n) is 10.8. The molecular formula is C13H23NO3. The average Bonchev–Trinajstić information content (AvgIpc) is 2.27. The van der Waals surface area contributed by atoms with Gasteiger partial charge >= 0.3 is 5.97 Å². The van der Waals surface area contributed by atoms with Crippen molar-refractivity contribution in [2.45, 2.75) is 64.3 Å². The Morgan fingerprint density at radius 1 is 1.18 bits per heavy atom. The third-order valence-corrected chi connectivity index (χ3v) is 3.81. The summed E-state index contributed by atoms with van der Waals surface area (Å²) in [5.41, 5.74) is -0.103. The highest BCUT2D eigenvalue weighted by Gasteiger charge is 2.36. The fourth-order valence-electron chi connectivity index (χ4n) is 2.59. The van der Waals surface area contributed by atoms with Crippen LogP contribution in [0.1, 0.15) is 58.8 Å². The molecule has 0 saturated heterocycles. The summed E-state index contributed by atoms with van der Waals surface area (Å²) in [5.74, 6) is -0.637. The van der Waals surface area contributed by atoms with Crippen LogP contribution in [-0.2, 0) is 9.59 Å². The second-order valence-electron chi connectivity index (χ2n) is 5.31. The Balaban J connectivity index is 2.54. The number of amides is 1. The van der Waals surface area contributed by atoms with Gasteiger partial charge in [0.1, 0.15) is 0 Å². The van der Waals surface area contributed by atoms with E-state index in [0.29, 0.717) is 5.92 Å². The Labute approximate surface area is 103 Å². The second kappa shape index (κ2) is 6.03. The molecule has 4 heteroatoms. The molecule has 17 heavy (non-hydrogen) atoms. The molecule has 0 aromatic carbocycles. The molecule has 2 N–H and O–H groups in total. The molecule has 98 valence electrons. The largest absolute Gasteiger partial charge is 0.481 e. The summed E-state index contributed by atoms with van der Waals surface area (Å²) in [6.07, 6.45) is 5.57. The third kappa shape index (κ3) is 4.02. The summed E-state index contributed by atoms with van der Waals surface area (Å²) >= 11 is 0. The molecule has 0 spiro atoms. The van der Waals surface area contributed by atoms with Crippen LogP contribution in [0.5, 0.6) is 0 Å². The van der Waals surface area contributed by atoms with Crippen LogP contribution in [0.4, 0.5) is 0 Å². The molecular weight excluding hydrogens is 218 g/mol. The topological polar surface area (TPSA) is 66.4 Å².